The van der Waals surface area contributed by atoms with Gasteiger partial charge in [0, 0.05) is 25.5 Å². The highest BCUT2D eigenvalue weighted by Crippen LogP contribution is 2.31. The lowest BCUT2D eigenvalue weighted by molar-refractivity contribution is -0.121. The molecule has 6 nitrogen and oxygen atoms in total. The van der Waals surface area contributed by atoms with E-state index in [0.717, 1.165) is 23.4 Å². The van der Waals surface area contributed by atoms with Crippen molar-refractivity contribution in [2.75, 3.05) is 29.9 Å². The number of carbonyl (C=O) groups excluding carboxylic acids is 1. The molecule has 6 heteroatoms. The fourth-order valence-corrected chi connectivity index (χ4v) is 2.32. The summed E-state index contributed by atoms with van der Waals surface area (Å²) in [5.41, 5.74) is 1.87. The van der Waals surface area contributed by atoms with Crippen molar-refractivity contribution in [1.29, 1.82) is 0 Å². The van der Waals surface area contributed by atoms with Crippen molar-refractivity contribution in [3.63, 3.8) is 0 Å². The Labute approximate surface area is 129 Å². The number of benzene rings is 1. The number of nitrogens with zero attached hydrogens (tertiary/aromatic N) is 3. The molecule has 0 unspecified atom stereocenters. The number of anilines is 2. The molecule has 1 aromatic heterocycles. The van der Waals surface area contributed by atoms with Crippen LogP contribution in [0.4, 0.5) is 11.6 Å². The average Bonchev–Trinajstić information content (AvgIpc) is 2.55. The maximum absolute atomic E-state index is 12.0. The number of para-hydroxylation sites is 2. The van der Waals surface area contributed by atoms with Gasteiger partial charge < -0.3 is 15.0 Å². The van der Waals surface area contributed by atoms with Gasteiger partial charge in [-0.1, -0.05) is 12.1 Å². The van der Waals surface area contributed by atoms with Crippen LogP contribution >= 0.6 is 0 Å². The maximum atomic E-state index is 12.0. The maximum Gasteiger partial charge on any atom is 0.265 e. The van der Waals surface area contributed by atoms with Crippen molar-refractivity contribution in [3.05, 3.63) is 42.2 Å². The van der Waals surface area contributed by atoms with Crippen LogP contribution in [-0.4, -0.2) is 35.6 Å². The van der Waals surface area contributed by atoms with Gasteiger partial charge in [0.2, 0.25) is 5.95 Å². The van der Waals surface area contributed by atoms with Crippen molar-refractivity contribution in [1.82, 2.24) is 9.97 Å². The van der Waals surface area contributed by atoms with E-state index in [0.29, 0.717) is 19.0 Å². The first-order valence-electron chi connectivity index (χ1n) is 7.29. The van der Waals surface area contributed by atoms with Gasteiger partial charge in [-0.15, -0.1) is 0 Å². The van der Waals surface area contributed by atoms with Gasteiger partial charge in [-0.3, -0.25) is 4.79 Å². The van der Waals surface area contributed by atoms with Crippen molar-refractivity contribution >= 4 is 17.5 Å². The third-order valence-electron chi connectivity index (χ3n) is 3.43. The molecule has 1 aliphatic rings. The lowest BCUT2D eigenvalue weighted by Crippen LogP contribution is -2.39. The van der Waals surface area contributed by atoms with Gasteiger partial charge in [-0.25, -0.2) is 9.97 Å². The van der Waals surface area contributed by atoms with Gasteiger partial charge in [0.25, 0.3) is 5.91 Å². The SMILES string of the molecule is Cc1cnc(NCCCN2C(=O)COc3ccccc32)nc1. The minimum atomic E-state index is -0.00899. The normalized spacial score (nSPS) is 13.5. The number of aryl methyl sites for hydroxylation is 1. The molecular weight excluding hydrogens is 280 g/mol. The summed E-state index contributed by atoms with van der Waals surface area (Å²) in [6.07, 6.45) is 4.35. The Morgan fingerprint density at radius 3 is 2.86 bits per heavy atom. The van der Waals surface area contributed by atoms with Gasteiger partial charge in [0.15, 0.2) is 6.61 Å². The number of carbonyl (C=O) groups is 1. The van der Waals surface area contributed by atoms with Crippen molar-refractivity contribution < 1.29 is 9.53 Å². The van der Waals surface area contributed by atoms with Gasteiger partial charge in [-0.2, -0.15) is 0 Å². The summed E-state index contributed by atoms with van der Waals surface area (Å²) < 4.78 is 5.43. The quantitative estimate of drug-likeness (QED) is 0.855. The number of nitrogens with one attached hydrogen (secondary N) is 1. The summed E-state index contributed by atoms with van der Waals surface area (Å²) in [4.78, 5) is 22.2. The van der Waals surface area contributed by atoms with Crippen LogP contribution in [0.2, 0.25) is 0 Å². The van der Waals surface area contributed by atoms with Crippen LogP contribution in [-0.2, 0) is 4.79 Å². The summed E-state index contributed by atoms with van der Waals surface area (Å²) in [7, 11) is 0. The van der Waals surface area contributed by atoms with E-state index in [2.05, 4.69) is 15.3 Å². The molecule has 1 N–H and O–H groups in total. The number of hydrogen-bond donors (Lipinski definition) is 1. The summed E-state index contributed by atoms with van der Waals surface area (Å²) in [6.45, 7) is 3.39. The van der Waals surface area contributed by atoms with Crippen LogP contribution in [0.25, 0.3) is 0 Å². The highest BCUT2D eigenvalue weighted by Gasteiger charge is 2.24. The van der Waals surface area contributed by atoms with E-state index in [1.807, 2.05) is 31.2 Å². The second kappa shape index (κ2) is 6.43. The fraction of sp³-hybridized carbons (Fsp3) is 0.312. The van der Waals surface area contributed by atoms with Crippen molar-refractivity contribution in [3.8, 4) is 5.75 Å². The predicted molar refractivity (Wildman–Crippen MR) is 84.2 cm³/mol. The molecule has 1 amide bonds. The highest BCUT2D eigenvalue weighted by atomic mass is 16.5. The van der Waals surface area contributed by atoms with Gasteiger partial charge in [0.05, 0.1) is 5.69 Å². The molecule has 2 heterocycles. The monoisotopic (exact) mass is 298 g/mol. The minimum Gasteiger partial charge on any atom is -0.482 e. The zero-order valence-corrected chi connectivity index (χ0v) is 12.5. The van der Waals surface area contributed by atoms with Gasteiger partial charge in [-0.05, 0) is 31.0 Å². The Bertz CT molecular complexity index is 657. The summed E-state index contributed by atoms with van der Waals surface area (Å²) >= 11 is 0. The van der Waals surface area contributed by atoms with Crippen LogP contribution in [0.1, 0.15) is 12.0 Å². The summed E-state index contributed by atoms with van der Waals surface area (Å²) in [6, 6.07) is 7.60. The fourth-order valence-electron chi connectivity index (χ4n) is 2.32. The summed E-state index contributed by atoms with van der Waals surface area (Å²) in [5, 5.41) is 3.16. The standard InChI is InChI=1S/C16H18N4O2/c1-12-9-18-16(19-10-12)17-7-4-8-20-13-5-2-3-6-14(13)22-11-15(20)21/h2-3,5-6,9-10H,4,7-8,11H2,1H3,(H,17,18,19). The second-order valence-corrected chi connectivity index (χ2v) is 5.17. The van der Waals surface area contributed by atoms with Crippen LogP contribution in [0.3, 0.4) is 0 Å². The topological polar surface area (TPSA) is 67.4 Å². The molecule has 2 aromatic rings. The molecule has 0 spiro atoms. The van der Waals surface area contributed by atoms with Crippen molar-refractivity contribution in [2.24, 2.45) is 0 Å². The van der Waals surface area contributed by atoms with Crippen LogP contribution in [0.15, 0.2) is 36.7 Å². The number of rotatable bonds is 5. The van der Waals surface area contributed by atoms with E-state index in [1.54, 1.807) is 17.3 Å². The molecule has 0 radical (unpaired) electrons. The summed E-state index contributed by atoms with van der Waals surface area (Å²) in [5.74, 6) is 1.36. The van der Waals surface area contributed by atoms with E-state index in [9.17, 15) is 4.79 Å². The Morgan fingerprint density at radius 1 is 1.27 bits per heavy atom. The molecule has 0 bridgehead atoms. The minimum absolute atomic E-state index is 0.00899. The lowest BCUT2D eigenvalue weighted by atomic mass is 10.2. The number of ether oxygens (including phenoxy) is 1. The number of hydrogen-bond acceptors (Lipinski definition) is 5. The zero-order chi connectivity index (χ0) is 15.4. The Morgan fingerprint density at radius 2 is 2.05 bits per heavy atom. The Balaban J connectivity index is 1.55. The van der Waals surface area contributed by atoms with Crippen molar-refractivity contribution in [2.45, 2.75) is 13.3 Å². The molecule has 0 saturated heterocycles. The second-order valence-electron chi connectivity index (χ2n) is 5.17. The third kappa shape index (κ3) is 3.16. The first-order valence-corrected chi connectivity index (χ1v) is 7.29. The van der Waals surface area contributed by atoms with Gasteiger partial charge >= 0.3 is 0 Å². The third-order valence-corrected chi connectivity index (χ3v) is 3.43. The molecule has 1 aromatic carbocycles. The predicted octanol–water partition coefficient (Wildman–Crippen LogP) is 2.01. The van der Waals surface area contributed by atoms with E-state index in [1.165, 1.54) is 0 Å². The highest BCUT2D eigenvalue weighted by molar-refractivity contribution is 5.97. The first kappa shape index (κ1) is 14.3. The number of amides is 1. The van der Waals surface area contributed by atoms with Crippen LogP contribution in [0, 0.1) is 6.92 Å². The smallest absolute Gasteiger partial charge is 0.265 e. The molecule has 3 rings (SSSR count). The molecular formula is C16H18N4O2. The molecule has 22 heavy (non-hydrogen) atoms. The average molecular weight is 298 g/mol. The zero-order valence-electron chi connectivity index (χ0n) is 12.5. The molecule has 0 aliphatic carbocycles. The van der Waals surface area contributed by atoms with E-state index in [4.69, 9.17) is 4.74 Å². The number of aromatic nitrogens is 2. The largest absolute Gasteiger partial charge is 0.482 e. The Hall–Kier alpha value is -2.63. The van der Waals surface area contributed by atoms with E-state index in [-0.39, 0.29) is 12.5 Å². The molecule has 1 aliphatic heterocycles. The first-order chi connectivity index (χ1) is 10.7. The molecule has 0 atom stereocenters. The Kier molecular flexibility index (Phi) is 4.18. The molecule has 0 fully saturated rings. The van der Waals surface area contributed by atoms with Gasteiger partial charge in [0.1, 0.15) is 5.75 Å². The molecule has 0 saturated carbocycles. The van der Waals surface area contributed by atoms with Crippen LogP contribution < -0.4 is 15.0 Å². The molecule has 114 valence electrons. The van der Waals surface area contributed by atoms with E-state index >= 15 is 0 Å². The lowest BCUT2D eigenvalue weighted by Gasteiger charge is -2.29. The van der Waals surface area contributed by atoms with E-state index < -0.39 is 0 Å². The van der Waals surface area contributed by atoms with Crippen LogP contribution in [0.5, 0.6) is 5.75 Å². The number of fused-ring (bicyclic) bond motifs is 1.